The van der Waals surface area contributed by atoms with E-state index in [1.165, 1.54) is 10.9 Å². The van der Waals surface area contributed by atoms with Gasteiger partial charge < -0.3 is 0 Å². The first-order valence-electron chi connectivity index (χ1n) is 5.59. The van der Waals surface area contributed by atoms with Crippen molar-refractivity contribution >= 4 is 16.9 Å². The van der Waals surface area contributed by atoms with Gasteiger partial charge in [-0.15, -0.1) is 5.10 Å². The van der Waals surface area contributed by atoms with Gasteiger partial charge >= 0.3 is 0 Å². The van der Waals surface area contributed by atoms with E-state index in [4.69, 9.17) is 0 Å². The van der Waals surface area contributed by atoms with E-state index in [0.29, 0.717) is 0 Å². The SMILES string of the molecule is CC(C(=O)n1ccnc1)n1nnc2ccccc21. The number of carbonyl (C=O) groups excluding carboxylic acids is 1. The van der Waals surface area contributed by atoms with Crippen LogP contribution in [0.1, 0.15) is 17.8 Å². The van der Waals surface area contributed by atoms with Crippen molar-refractivity contribution in [1.82, 2.24) is 24.5 Å². The number of imidazole rings is 1. The normalized spacial score (nSPS) is 12.7. The Morgan fingerprint density at radius 2 is 2.17 bits per heavy atom. The van der Waals surface area contributed by atoms with E-state index in [9.17, 15) is 4.79 Å². The van der Waals surface area contributed by atoms with Gasteiger partial charge in [0.25, 0.3) is 5.91 Å². The van der Waals surface area contributed by atoms with Gasteiger partial charge in [0, 0.05) is 12.4 Å². The third-order valence-electron chi connectivity index (χ3n) is 2.86. The first-order chi connectivity index (χ1) is 8.77. The molecule has 6 nitrogen and oxygen atoms in total. The van der Waals surface area contributed by atoms with Crippen molar-refractivity contribution in [1.29, 1.82) is 0 Å². The molecule has 2 aromatic heterocycles. The zero-order valence-electron chi connectivity index (χ0n) is 9.76. The number of hydrogen-bond donors (Lipinski definition) is 0. The molecule has 0 aliphatic rings. The summed E-state index contributed by atoms with van der Waals surface area (Å²) in [4.78, 5) is 16.0. The van der Waals surface area contributed by atoms with Crippen molar-refractivity contribution in [2.75, 3.05) is 0 Å². The second kappa shape index (κ2) is 4.06. The van der Waals surface area contributed by atoms with E-state index >= 15 is 0 Å². The Balaban J connectivity index is 2.02. The molecule has 1 atom stereocenters. The van der Waals surface area contributed by atoms with Crippen molar-refractivity contribution in [3.63, 3.8) is 0 Å². The van der Waals surface area contributed by atoms with Crippen molar-refractivity contribution in [2.24, 2.45) is 0 Å². The maximum absolute atomic E-state index is 12.2. The molecule has 0 saturated carbocycles. The fraction of sp³-hybridized carbons (Fsp3) is 0.167. The molecule has 6 heteroatoms. The van der Waals surface area contributed by atoms with Crippen LogP contribution < -0.4 is 0 Å². The van der Waals surface area contributed by atoms with Gasteiger partial charge in [0.15, 0.2) is 0 Å². The highest BCUT2D eigenvalue weighted by Crippen LogP contribution is 2.16. The van der Waals surface area contributed by atoms with Crippen LogP contribution in [0.3, 0.4) is 0 Å². The van der Waals surface area contributed by atoms with Crippen molar-refractivity contribution in [3.8, 4) is 0 Å². The van der Waals surface area contributed by atoms with Crippen LogP contribution in [0.25, 0.3) is 11.0 Å². The minimum Gasteiger partial charge on any atom is -0.274 e. The van der Waals surface area contributed by atoms with Crippen LogP contribution >= 0.6 is 0 Å². The maximum atomic E-state index is 12.2. The third-order valence-corrected chi connectivity index (χ3v) is 2.86. The van der Waals surface area contributed by atoms with Gasteiger partial charge in [-0.2, -0.15) is 0 Å². The highest BCUT2D eigenvalue weighted by atomic mass is 16.2. The Hall–Kier alpha value is -2.50. The maximum Gasteiger partial charge on any atom is 0.256 e. The average Bonchev–Trinajstić information content (AvgIpc) is 3.06. The number of carbonyl (C=O) groups is 1. The number of hydrogen-bond acceptors (Lipinski definition) is 4. The molecule has 3 rings (SSSR count). The van der Waals surface area contributed by atoms with E-state index in [-0.39, 0.29) is 5.91 Å². The van der Waals surface area contributed by atoms with Gasteiger partial charge in [0.1, 0.15) is 17.9 Å². The predicted molar refractivity (Wildman–Crippen MR) is 65.1 cm³/mol. The zero-order chi connectivity index (χ0) is 12.5. The molecule has 90 valence electrons. The first kappa shape index (κ1) is 10.6. The second-order valence-corrected chi connectivity index (χ2v) is 4.01. The summed E-state index contributed by atoms with van der Waals surface area (Å²) in [5, 5.41) is 8.08. The zero-order valence-corrected chi connectivity index (χ0v) is 9.76. The van der Waals surface area contributed by atoms with Crippen LogP contribution in [0, 0.1) is 0 Å². The number of para-hydroxylation sites is 1. The Morgan fingerprint density at radius 3 is 2.94 bits per heavy atom. The lowest BCUT2D eigenvalue weighted by Gasteiger charge is -2.11. The fourth-order valence-corrected chi connectivity index (χ4v) is 1.88. The van der Waals surface area contributed by atoms with Crippen molar-refractivity contribution in [2.45, 2.75) is 13.0 Å². The number of fused-ring (bicyclic) bond motifs is 1. The van der Waals surface area contributed by atoms with Gasteiger partial charge in [0.2, 0.25) is 0 Å². The van der Waals surface area contributed by atoms with Crippen LogP contribution in [-0.4, -0.2) is 30.5 Å². The largest absolute Gasteiger partial charge is 0.274 e. The van der Waals surface area contributed by atoms with Crippen molar-refractivity contribution < 1.29 is 4.79 Å². The molecule has 0 fully saturated rings. The molecular weight excluding hydrogens is 230 g/mol. The molecule has 18 heavy (non-hydrogen) atoms. The summed E-state index contributed by atoms with van der Waals surface area (Å²) in [6, 6.07) is 7.13. The number of nitrogens with zero attached hydrogens (tertiary/aromatic N) is 5. The molecule has 0 amide bonds. The average molecular weight is 241 g/mol. The van der Waals surface area contributed by atoms with Crippen molar-refractivity contribution in [3.05, 3.63) is 43.0 Å². The third kappa shape index (κ3) is 1.58. The lowest BCUT2D eigenvalue weighted by atomic mass is 10.2. The molecule has 0 aliphatic heterocycles. The number of benzene rings is 1. The minimum atomic E-state index is -0.424. The number of aromatic nitrogens is 5. The molecule has 0 aliphatic carbocycles. The highest BCUT2D eigenvalue weighted by Gasteiger charge is 2.19. The Morgan fingerprint density at radius 1 is 1.33 bits per heavy atom. The molecule has 0 bridgehead atoms. The molecule has 1 unspecified atom stereocenters. The van der Waals surface area contributed by atoms with Crippen LogP contribution in [0.4, 0.5) is 0 Å². The van der Waals surface area contributed by atoms with Crippen LogP contribution in [0.2, 0.25) is 0 Å². The summed E-state index contributed by atoms with van der Waals surface area (Å²) in [5.74, 6) is -0.0943. The van der Waals surface area contributed by atoms with E-state index in [2.05, 4.69) is 15.3 Å². The first-order valence-corrected chi connectivity index (χ1v) is 5.59. The molecule has 0 radical (unpaired) electrons. The Bertz CT molecular complexity index is 685. The topological polar surface area (TPSA) is 65.6 Å². The smallest absolute Gasteiger partial charge is 0.256 e. The lowest BCUT2D eigenvalue weighted by Crippen LogP contribution is -2.22. The van der Waals surface area contributed by atoms with Gasteiger partial charge in [-0.05, 0) is 19.1 Å². The summed E-state index contributed by atoms with van der Waals surface area (Å²) in [5.41, 5.74) is 1.63. The van der Waals surface area contributed by atoms with E-state index in [1.54, 1.807) is 24.0 Å². The predicted octanol–water partition coefficient (Wildman–Crippen LogP) is 1.53. The summed E-state index contributed by atoms with van der Waals surface area (Å²) < 4.78 is 3.07. The molecule has 2 heterocycles. The summed E-state index contributed by atoms with van der Waals surface area (Å²) >= 11 is 0. The molecule has 3 aromatic rings. The van der Waals surface area contributed by atoms with E-state index < -0.39 is 6.04 Å². The summed E-state index contributed by atoms with van der Waals surface area (Å²) in [7, 11) is 0. The Labute approximate surface area is 103 Å². The minimum absolute atomic E-state index is 0.0943. The van der Waals surface area contributed by atoms with Gasteiger partial charge in [-0.3, -0.25) is 9.36 Å². The van der Waals surface area contributed by atoms with E-state index in [0.717, 1.165) is 11.0 Å². The Kier molecular flexibility index (Phi) is 2.40. The van der Waals surface area contributed by atoms with Gasteiger partial charge in [-0.1, -0.05) is 17.3 Å². The van der Waals surface area contributed by atoms with Crippen LogP contribution in [0.5, 0.6) is 0 Å². The molecular formula is C12H11N5O. The quantitative estimate of drug-likeness (QED) is 0.682. The van der Waals surface area contributed by atoms with Gasteiger partial charge in [0.05, 0.1) is 5.52 Å². The number of rotatable bonds is 2. The summed E-state index contributed by atoms with van der Waals surface area (Å²) in [6.07, 6.45) is 4.68. The highest BCUT2D eigenvalue weighted by molar-refractivity contribution is 5.84. The molecule has 0 N–H and O–H groups in total. The molecule has 1 aromatic carbocycles. The standard InChI is InChI=1S/C12H11N5O/c1-9(12(18)16-7-6-13-8-16)17-11-5-3-2-4-10(11)14-15-17/h2-9H,1H3. The molecule has 0 saturated heterocycles. The monoisotopic (exact) mass is 241 g/mol. The summed E-state index contributed by atoms with van der Waals surface area (Å²) in [6.45, 7) is 1.80. The van der Waals surface area contributed by atoms with Crippen LogP contribution in [0.15, 0.2) is 43.0 Å². The van der Waals surface area contributed by atoms with Gasteiger partial charge in [-0.25, -0.2) is 9.67 Å². The molecule has 0 spiro atoms. The second-order valence-electron chi connectivity index (χ2n) is 4.01. The van der Waals surface area contributed by atoms with E-state index in [1.807, 2.05) is 24.3 Å². The lowest BCUT2D eigenvalue weighted by molar-refractivity contribution is 0.0844. The fourth-order valence-electron chi connectivity index (χ4n) is 1.88. The van der Waals surface area contributed by atoms with Crippen LogP contribution in [-0.2, 0) is 0 Å².